The van der Waals surface area contributed by atoms with Crippen LogP contribution in [0.3, 0.4) is 0 Å². The van der Waals surface area contributed by atoms with Gasteiger partial charge in [0.15, 0.2) is 3.92 Å². The minimum Gasteiger partial charge on any atom is -0.233 e. The lowest BCUT2D eigenvalue weighted by molar-refractivity contribution is -0.161. The number of thiazole rings is 1. The summed E-state index contributed by atoms with van der Waals surface area (Å²) in [6.45, 7) is 0. The summed E-state index contributed by atoms with van der Waals surface area (Å²) in [6, 6.07) is 0. The molecule has 0 atom stereocenters. The predicted molar refractivity (Wildman–Crippen MR) is 46.8 cm³/mol. The second-order valence-electron chi connectivity index (χ2n) is 3.07. The van der Waals surface area contributed by atoms with Gasteiger partial charge < -0.3 is 0 Å². The minimum atomic E-state index is -4.15. The highest BCUT2D eigenvalue weighted by atomic mass is 79.9. The van der Waals surface area contributed by atoms with E-state index in [4.69, 9.17) is 0 Å². The summed E-state index contributed by atoms with van der Waals surface area (Å²) in [5.41, 5.74) is -1.47. The van der Waals surface area contributed by atoms with Gasteiger partial charge in [0, 0.05) is 5.38 Å². The molecule has 1 saturated carbocycles. The lowest BCUT2D eigenvalue weighted by atomic mass is 10.0. The van der Waals surface area contributed by atoms with Crippen LogP contribution in [0.4, 0.5) is 13.2 Å². The second kappa shape index (κ2) is 2.70. The molecular weight excluding hydrogens is 267 g/mol. The van der Waals surface area contributed by atoms with Gasteiger partial charge in [-0.15, -0.1) is 11.3 Å². The van der Waals surface area contributed by atoms with E-state index in [2.05, 4.69) is 20.9 Å². The molecule has 0 radical (unpaired) electrons. The van der Waals surface area contributed by atoms with Crippen LogP contribution in [-0.4, -0.2) is 11.2 Å². The molecule has 1 fully saturated rings. The zero-order valence-corrected chi connectivity index (χ0v) is 8.76. The van der Waals surface area contributed by atoms with Gasteiger partial charge in [-0.25, -0.2) is 4.98 Å². The Morgan fingerprint density at radius 1 is 1.46 bits per heavy atom. The van der Waals surface area contributed by atoms with Gasteiger partial charge in [-0.1, -0.05) is 0 Å². The first-order valence-electron chi connectivity index (χ1n) is 3.64. The molecule has 1 heterocycles. The Labute approximate surface area is 85.1 Å². The molecule has 1 aliphatic carbocycles. The molecule has 1 aromatic heterocycles. The van der Waals surface area contributed by atoms with Gasteiger partial charge in [-0.05, 0) is 28.8 Å². The van der Waals surface area contributed by atoms with Crippen molar-refractivity contribution in [3.8, 4) is 0 Å². The van der Waals surface area contributed by atoms with Gasteiger partial charge in [0.2, 0.25) is 0 Å². The number of aromatic nitrogens is 1. The molecule has 0 bridgehead atoms. The number of hydrogen-bond donors (Lipinski definition) is 0. The van der Waals surface area contributed by atoms with E-state index < -0.39 is 11.6 Å². The zero-order chi connectivity index (χ0) is 9.69. The van der Waals surface area contributed by atoms with Gasteiger partial charge in [0.1, 0.15) is 5.41 Å². The number of rotatable bonds is 1. The lowest BCUT2D eigenvalue weighted by Crippen LogP contribution is -2.28. The van der Waals surface area contributed by atoms with E-state index in [1.54, 1.807) is 0 Å². The smallest absolute Gasteiger partial charge is 0.233 e. The molecule has 6 heteroatoms. The van der Waals surface area contributed by atoms with Crippen molar-refractivity contribution in [2.24, 2.45) is 0 Å². The van der Waals surface area contributed by atoms with Crippen LogP contribution in [0.1, 0.15) is 18.5 Å². The van der Waals surface area contributed by atoms with Crippen LogP contribution in [-0.2, 0) is 5.41 Å². The van der Waals surface area contributed by atoms with Crippen molar-refractivity contribution in [2.45, 2.75) is 24.4 Å². The van der Waals surface area contributed by atoms with Crippen LogP contribution in [0.15, 0.2) is 9.30 Å². The van der Waals surface area contributed by atoms with Crippen LogP contribution < -0.4 is 0 Å². The molecular formula is C7H5BrF3NS. The Hall–Kier alpha value is -0.100. The van der Waals surface area contributed by atoms with Gasteiger partial charge >= 0.3 is 6.18 Å². The number of alkyl halides is 3. The van der Waals surface area contributed by atoms with Crippen LogP contribution in [0.5, 0.6) is 0 Å². The molecule has 1 aromatic rings. The number of nitrogens with zero attached hydrogens (tertiary/aromatic N) is 1. The Kier molecular flexibility index (Phi) is 1.96. The number of hydrogen-bond acceptors (Lipinski definition) is 2. The largest absolute Gasteiger partial charge is 0.399 e. The van der Waals surface area contributed by atoms with E-state index in [1.807, 2.05) is 0 Å². The number of halogens is 4. The Morgan fingerprint density at radius 3 is 2.38 bits per heavy atom. The third kappa shape index (κ3) is 1.40. The Bertz CT molecular complexity index is 329. The molecule has 1 nitrogen and oxygen atoms in total. The monoisotopic (exact) mass is 271 g/mol. The van der Waals surface area contributed by atoms with Crippen molar-refractivity contribution >= 4 is 27.3 Å². The van der Waals surface area contributed by atoms with Crippen LogP contribution in [0.25, 0.3) is 0 Å². The zero-order valence-electron chi connectivity index (χ0n) is 6.36. The summed E-state index contributed by atoms with van der Waals surface area (Å²) < 4.78 is 38.1. The van der Waals surface area contributed by atoms with Gasteiger partial charge in [0.05, 0.1) is 5.69 Å². The third-order valence-electron chi connectivity index (χ3n) is 2.26. The van der Waals surface area contributed by atoms with Crippen LogP contribution >= 0.6 is 27.3 Å². The predicted octanol–water partition coefficient (Wildman–Crippen LogP) is 3.50. The van der Waals surface area contributed by atoms with Crippen molar-refractivity contribution < 1.29 is 13.2 Å². The second-order valence-corrected chi connectivity index (χ2v) is 5.20. The molecule has 0 amide bonds. The van der Waals surface area contributed by atoms with Crippen molar-refractivity contribution in [3.63, 3.8) is 0 Å². The molecule has 1 aliphatic rings. The van der Waals surface area contributed by atoms with Gasteiger partial charge in [-0.2, -0.15) is 13.2 Å². The summed E-state index contributed by atoms with van der Waals surface area (Å²) in [7, 11) is 0. The molecule has 0 N–H and O–H groups in total. The summed E-state index contributed by atoms with van der Waals surface area (Å²) in [5, 5.41) is 1.48. The van der Waals surface area contributed by atoms with E-state index in [1.165, 1.54) is 16.7 Å². The summed E-state index contributed by atoms with van der Waals surface area (Å²) >= 11 is 4.25. The standard InChI is InChI=1S/C7H5BrF3NS/c8-5-12-4(3-13-5)6(1-2-6)7(9,10)11/h3H,1-2H2. The van der Waals surface area contributed by atoms with Crippen LogP contribution in [0.2, 0.25) is 0 Å². The first-order chi connectivity index (χ1) is 5.96. The molecule has 0 aromatic carbocycles. The topological polar surface area (TPSA) is 12.9 Å². The molecule has 0 aliphatic heterocycles. The van der Waals surface area contributed by atoms with Crippen molar-refractivity contribution in [1.82, 2.24) is 4.98 Å². The summed E-state index contributed by atoms with van der Waals surface area (Å²) in [5.74, 6) is 0. The SMILES string of the molecule is FC(F)(F)C1(c2csc(Br)n2)CC1. The van der Waals surface area contributed by atoms with Crippen molar-refractivity contribution in [2.75, 3.05) is 0 Å². The highest BCUT2D eigenvalue weighted by molar-refractivity contribution is 9.11. The highest BCUT2D eigenvalue weighted by Gasteiger charge is 2.65. The van der Waals surface area contributed by atoms with E-state index in [0.29, 0.717) is 3.92 Å². The first-order valence-corrected chi connectivity index (χ1v) is 5.31. The van der Waals surface area contributed by atoms with Crippen LogP contribution in [0, 0.1) is 0 Å². The quantitative estimate of drug-likeness (QED) is 0.762. The molecule has 0 saturated heterocycles. The average Bonchev–Trinajstić information content (AvgIpc) is 2.70. The van der Waals surface area contributed by atoms with Gasteiger partial charge in [0.25, 0.3) is 0 Å². The lowest BCUT2D eigenvalue weighted by Gasteiger charge is -2.16. The summed E-state index contributed by atoms with van der Waals surface area (Å²) in [4.78, 5) is 3.83. The van der Waals surface area contributed by atoms with Crippen molar-refractivity contribution in [1.29, 1.82) is 0 Å². The Balaban J connectivity index is 2.36. The maximum absolute atomic E-state index is 12.5. The van der Waals surface area contributed by atoms with E-state index in [0.717, 1.165) is 0 Å². The fraction of sp³-hybridized carbons (Fsp3) is 0.571. The highest BCUT2D eigenvalue weighted by Crippen LogP contribution is 2.58. The maximum Gasteiger partial charge on any atom is 0.399 e. The van der Waals surface area contributed by atoms with Crippen molar-refractivity contribution in [3.05, 3.63) is 15.0 Å². The normalized spacial score (nSPS) is 20.3. The molecule has 72 valence electrons. The fourth-order valence-corrected chi connectivity index (χ4v) is 2.39. The Morgan fingerprint density at radius 2 is 2.08 bits per heavy atom. The summed E-state index contributed by atoms with van der Waals surface area (Å²) in [6.07, 6.45) is -3.81. The minimum absolute atomic E-state index is 0.164. The fourth-order valence-electron chi connectivity index (χ4n) is 1.28. The van der Waals surface area contributed by atoms with E-state index in [-0.39, 0.29) is 18.5 Å². The first kappa shape index (κ1) is 9.45. The molecule has 2 rings (SSSR count). The third-order valence-corrected chi connectivity index (χ3v) is 3.62. The molecule has 13 heavy (non-hydrogen) atoms. The van der Waals surface area contributed by atoms with Gasteiger partial charge in [-0.3, -0.25) is 0 Å². The van der Waals surface area contributed by atoms with E-state index >= 15 is 0 Å². The van der Waals surface area contributed by atoms with E-state index in [9.17, 15) is 13.2 Å². The maximum atomic E-state index is 12.5. The molecule has 0 unspecified atom stereocenters. The average molecular weight is 272 g/mol. The molecule has 0 spiro atoms.